The number of hydrogen-bond donors (Lipinski definition) is 2. The molecule has 2 aromatic rings. The summed E-state index contributed by atoms with van der Waals surface area (Å²) in [5.41, 5.74) is 2.81. The molecule has 2 aromatic carbocycles. The molecule has 122 valence electrons. The molecule has 2 N–H and O–H groups in total. The monoisotopic (exact) mass is 332 g/mol. The van der Waals surface area contributed by atoms with E-state index in [0.29, 0.717) is 23.4 Å². The van der Waals surface area contributed by atoms with Crippen LogP contribution in [0.25, 0.3) is 0 Å². The Morgan fingerprint density at radius 3 is 2.30 bits per heavy atom. The van der Waals surface area contributed by atoms with Gasteiger partial charge in [0.15, 0.2) is 0 Å². The Balaban J connectivity index is 2.31. The first-order chi connectivity index (χ1) is 10.8. The van der Waals surface area contributed by atoms with E-state index in [1.54, 1.807) is 19.9 Å². The van der Waals surface area contributed by atoms with Gasteiger partial charge in [-0.3, -0.25) is 4.79 Å². The smallest absolute Gasteiger partial charge is 0.255 e. The highest BCUT2D eigenvalue weighted by Gasteiger charge is 2.17. The van der Waals surface area contributed by atoms with Crippen LogP contribution < -0.4 is 10.0 Å². The van der Waals surface area contributed by atoms with Gasteiger partial charge in [-0.1, -0.05) is 30.7 Å². The van der Waals surface area contributed by atoms with Crippen LogP contribution in [0.1, 0.15) is 28.4 Å². The zero-order valence-electron chi connectivity index (χ0n) is 13.4. The molecule has 0 saturated heterocycles. The normalized spacial score (nSPS) is 11.3. The molecular weight excluding hydrogens is 312 g/mol. The van der Waals surface area contributed by atoms with Crippen molar-refractivity contribution in [3.63, 3.8) is 0 Å². The first kappa shape index (κ1) is 17.2. The highest BCUT2D eigenvalue weighted by atomic mass is 32.2. The molecule has 0 aliphatic rings. The van der Waals surface area contributed by atoms with Crippen molar-refractivity contribution < 1.29 is 13.2 Å². The van der Waals surface area contributed by atoms with Gasteiger partial charge in [-0.15, -0.1) is 0 Å². The first-order valence-electron chi connectivity index (χ1n) is 7.32. The van der Waals surface area contributed by atoms with Crippen LogP contribution in [0.2, 0.25) is 0 Å². The van der Waals surface area contributed by atoms with E-state index in [1.165, 1.54) is 12.1 Å². The molecule has 0 bridgehead atoms. The second-order valence-electron chi connectivity index (χ2n) is 5.30. The number of carbonyl (C=O) groups is 1. The summed E-state index contributed by atoms with van der Waals surface area (Å²) in [6.07, 6.45) is 0. The van der Waals surface area contributed by atoms with E-state index in [1.807, 2.05) is 31.2 Å². The van der Waals surface area contributed by atoms with Gasteiger partial charge in [0.2, 0.25) is 10.0 Å². The molecule has 0 fully saturated rings. The standard InChI is InChI=1S/C17H20N2O3S/c1-4-18-23(21,22)15-10-7-13(3)16(11-15)17(20)19-14-8-5-12(2)6-9-14/h5-11,18H,4H2,1-3H3,(H,19,20). The van der Waals surface area contributed by atoms with Crippen LogP contribution in [0.5, 0.6) is 0 Å². The van der Waals surface area contributed by atoms with Crippen LogP contribution in [0.4, 0.5) is 5.69 Å². The van der Waals surface area contributed by atoms with Crippen LogP contribution in [-0.2, 0) is 10.0 Å². The van der Waals surface area contributed by atoms with E-state index in [9.17, 15) is 13.2 Å². The highest BCUT2D eigenvalue weighted by molar-refractivity contribution is 7.89. The van der Waals surface area contributed by atoms with Crippen molar-refractivity contribution in [2.75, 3.05) is 11.9 Å². The average molecular weight is 332 g/mol. The van der Waals surface area contributed by atoms with Crippen LogP contribution >= 0.6 is 0 Å². The maximum Gasteiger partial charge on any atom is 0.255 e. The Morgan fingerprint density at radius 2 is 1.70 bits per heavy atom. The number of rotatable bonds is 5. The zero-order chi connectivity index (χ0) is 17.0. The van der Waals surface area contributed by atoms with E-state index in [-0.39, 0.29) is 10.8 Å². The summed E-state index contributed by atoms with van der Waals surface area (Å²) in [4.78, 5) is 12.5. The molecule has 5 nitrogen and oxygen atoms in total. The summed E-state index contributed by atoms with van der Waals surface area (Å²) < 4.78 is 26.6. The molecule has 23 heavy (non-hydrogen) atoms. The number of nitrogens with one attached hydrogen (secondary N) is 2. The molecule has 6 heteroatoms. The molecule has 0 aromatic heterocycles. The molecule has 0 saturated carbocycles. The number of hydrogen-bond acceptors (Lipinski definition) is 3. The van der Waals surface area contributed by atoms with E-state index < -0.39 is 10.0 Å². The number of carbonyl (C=O) groups excluding carboxylic acids is 1. The quantitative estimate of drug-likeness (QED) is 0.884. The third kappa shape index (κ3) is 4.18. The minimum absolute atomic E-state index is 0.0824. The Labute approximate surface area is 136 Å². The Hall–Kier alpha value is -2.18. The van der Waals surface area contributed by atoms with Gasteiger partial charge < -0.3 is 5.32 Å². The van der Waals surface area contributed by atoms with Crippen molar-refractivity contribution in [1.29, 1.82) is 0 Å². The lowest BCUT2D eigenvalue weighted by atomic mass is 10.1. The minimum atomic E-state index is -3.59. The number of anilines is 1. The van der Waals surface area contributed by atoms with Crippen LogP contribution in [0, 0.1) is 13.8 Å². The maximum absolute atomic E-state index is 12.4. The molecule has 0 aliphatic carbocycles. The molecule has 0 aliphatic heterocycles. The summed E-state index contributed by atoms with van der Waals surface area (Å²) >= 11 is 0. The second-order valence-corrected chi connectivity index (χ2v) is 7.07. The van der Waals surface area contributed by atoms with E-state index >= 15 is 0 Å². The third-order valence-electron chi connectivity index (χ3n) is 3.41. The second kappa shape index (κ2) is 6.93. The fraction of sp³-hybridized carbons (Fsp3) is 0.235. The van der Waals surface area contributed by atoms with Crippen molar-refractivity contribution in [2.24, 2.45) is 0 Å². The predicted molar refractivity (Wildman–Crippen MR) is 91.2 cm³/mol. The van der Waals surface area contributed by atoms with Crippen LogP contribution in [0.3, 0.4) is 0 Å². The number of amides is 1. The fourth-order valence-electron chi connectivity index (χ4n) is 2.12. The number of sulfonamides is 1. The summed E-state index contributed by atoms with van der Waals surface area (Å²) in [6.45, 7) is 5.73. The molecule has 1 amide bonds. The van der Waals surface area contributed by atoms with Gasteiger partial charge in [-0.05, 0) is 43.7 Å². The Bertz CT molecular complexity index is 812. The van der Waals surface area contributed by atoms with Crippen molar-refractivity contribution in [2.45, 2.75) is 25.7 Å². The zero-order valence-corrected chi connectivity index (χ0v) is 14.2. The maximum atomic E-state index is 12.4. The lowest BCUT2D eigenvalue weighted by molar-refractivity contribution is 0.102. The topological polar surface area (TPSA) is 75.3 Å². The fourth-order valence-corrected chi connectivity index (χ4v) is 3.19. The van der Waals surface area contributed by atoms with Crippen LogP contribution in [-0.4, -0.2) is 20.9 Å². The van der Waals surface area contributed by atoms with Crippen molar-refractivity contribution in [3.8, 4) is 0 Å². The molecular formula is C17H20N2O3S. The summed E-state index contributed by atoms with van der Waals surface area (Å²) in [6, 6.07) is 11.9. The Kier molecular flexibility index (Phi) is 5.18. The SMILES string of the molecule is CCNS(=O)(=O)c1ccc(C)c(C(=O)Nc2ccc(C)cc2)c1. The molecule has 0 unspecified atom stereocenters. The summed E-state index contributed by atoms with van der Waals surface area (Å²) in [5.74, 6) is -0.333. The van der Waals surface area contributed by atoms with E-state index in [2.05, 4.69) is 10.0 Å². The largest absolute Gasteiger partial charge is 0.322 e. The van der Waals surface area contributed by atoms with Gasteiger partial charge in [0.25, 0.3) is 5.91 Å². The van der Waals surface area contributed by atoms with Gasteiger partial charge in [-0.25, -0.2) is 13.1 Å². The van der Waals surface area contributed by atoms with Gasteiger partial charge in [-0.2, -0.15) is 0 Å². The van der Waals surface area contributed by atoms with E-state index in [4.69, 9.17) is 0 Å². The van der Waals surface area contributed by atoms with Gasteiger partial charge in [0.1, 0.15) is 0 Å². The molecule has 0 atom stereocenters. The first-order valence-corrected chi connectivity index (χ1v) is 8.80. The van der Waals surface area contributed by atoms with Crippen molar-refractivity contribution >= 4 is 21.6 Å². The van der Waals surface area contributed by atoms with Gasteiger partial charge in [0.05, 0.1) is 4.90 Å². The summed E-state index contributed by atoms with van der Waals surface area (Å²) in [5, 5.41) is 2.78. The van der Waals surface area contributed by atoms with Crippen LogP contribution in [0.15, 0.2) is 47.4 Å². The lowest BCUT2D eigenvalue weighted by Crippen LogP contribution is -2.24. The van der Waals surface area contributed by atoms with Crippen molar-refractivity contribution in [1.82, 2.24) is 4.72 Å². The summed E-state index contributed by atoms with van der Waals surface area (Å²) in [7, 11) is -3.59. The minimum Gasteiger partial charge on any atom is -0.322 e. The van der Waals surface area contributed by atoms with E-state index in [0.717, 1.165) is 5.56 Å². The number of benzene rings is 2. The molecule has 0 spiro atoms. The molecule has 0 heterocycles. The predicted octanol–water partition coefficient (Wildman–Crippen LogP) is 2.85. The molecule has 0 radical (unpaired) electrons. The lowest BCUT2D eigenvalue weighted by Gasteiger charge is -2.11. The van der Waals surface area contributed by atoms with Gasteiger partial charge in [0, 0.05) is 17.8 Å². The van der Waals surface area contributed by atoms with Crippen molar-refractivity contribution in [3.05, 3.63) is 59.2 Å². The molecule has 2 rings (SSSR count). The Morgan fingerprint density at radius 1 is 1.04 bits per heavy atom. The number of aryl methyl sites for hydroxylation is 2. The van der Waals surface area contributed by atoms with Gasteiger partial charge >= 0.3 is 0 Å². The highest BCUT2D eigenvalue weighted by Crippen LogP contribution is 2.18. The average Bonchev–Trinajstić information content (AvgIpc) is 2.49. The third-order valence-corrected chi connectivity index (χ3v) is 4.95.